The third-order valence-corrected chi connectivity index (χ3v) is 2.57. The lowest BCUT2D eigenvalue weighted by atomic mass is 10.1. The van der Waals surface area contributed by atoms with Gasteiger partial charge < -0.3 is 25.5 Å². The van der Waals surface area contributed by atoms with E-state index in [0.29, 0.717) is 5.69 Å². The summed E-state index contributed by atoms with van der Waals surface area (Å²) >= 11 is 0. The Labute approximate surface area is 121 Å². The van der Waals surface area contributed by atoms with Gasteiger partial charge in [0.1, 0.15) is 12.1 Å². The first-order chi connectivity index (χ1) is 9.93. The van der Waals surface area contributed by atoms with Crippen molar-refractivity contribution in [3.63, 3.8) is 0 Å². The number of esters is 1. The van der Waals surface area contributed by atoms with Gasteiger partial charge in [-0.05, 0) is 13.8 Å². The number of hydrogen-bond donors (Lipinski definition) is 4. The fraction of sp³-hybridized carbons (Fsp3) is 0.500. The zero-order valence-electron chi connectivity index (χ0n) is 11.8. The molecule has 0 aromatic carbocycles. The number of carbonyl (C=O) groups is 3. The molecule has 0 radical (unpaired) electrons. The number of aromatic nitrogens is 2. The van der Waals surface area contributed by atoms with Crippen LogP contribution in [0.15, 0.2) is 12.5 Å². The molecule has 1 aromatic rings. The number of H-pyrrole nitrogens is 1. The maximum Gasteiger partial charge on any atom is 0.328 e. The number of imidazole rings is 1. The standard InChI is InChI=1S/C12H18N4O5/c1-3-21-11(19)7(2)15-12(20)16-9(10(17)18)4-8-5-13-6-14-8/h5-7,9H,3-4H2,1-2H3,(H,13,14)(H,17,18)(H2,15,16,20). The van der Waals surface area contributed by atoms with E-state index in [-0.39, 0.29) is 13.0 Å². The average Bonchev–Trinajstić information content (AvgIpc) is 2.90. The predicted octanol–water partition coefficient (Wildman–Crippen LogP) is -0.344. The minimum Gasteiger partial charge on any atom is -0.480 e. The smallest absolute Gasteiger partial charge is 0.328 e. The summed E-state index contributed by atoms with van der Waals surface area (Å²) in [6.07, 6.45) is 2.93. The Bertz CT molecular complexity index is 488. The molecule has 0 saturated carbocycles. The van der Waals surface area contributed by atoms with Gasteiger partial charge in [0, 0.05) is 18.3 Å². The summed E-state index contributed by atoms with van der Waals surface area (Å²) < 4.78 is 4.73. The third-order valence-electron chi connectivity index (χ3n) is 2.57. The van der Waals surface area contributed by atoms with Crippen LogP contribution in [0.2, 0.25) is 0 Å². The van der Waals surface area contributed by atoms with E-state index in [1.807, 2.05) is 0 Å². The molecule has 2 atom stereocenters. The van der Waals surface area contributed by atoms with E-state index >= 15 is 0 Å². The summed E-state index contributed by atoms with van der Waals surface area (Å²) in [6.45, 7) is 3.29. The topological polar surface area (TPSA) is 133 Å². The molecule has 0 fully saturated rings. The molecule has 4 N–H and O–H groups in total. The normalized spacial score (nSPS) is 13.0. The monoisotopic (exact) mass is 298 g/mol. The summed E-state index contributed by atoms with van der Waals surface area (Å²) in [6, 6.07) is -2.77. The Kier molecular flexibility index (Phi) is 6.18. The molecule has 1 aromatic heterocycles. The van der Waals surface area contributed by atoms with Crippen molar-refractivity contribution >= 4 is 18.0 Å². The van der Waals surface area contributed by atoms with E-state index in [0.717, 1.165) is 0 Å². The van der Waals surface area contributed by atoms with Crippen molar-refractivity contribution in [3.8, 4) is 0 Å². The highest BCUT2D eigenvalue weighted by atomic mass is 16.5. The van der Waals surface area contributed by atoms with Gasteiger partial charge in [0.05, 0.1) is 12.9 Å². The number of amides is 2. The lowest BCUT2D eigenvalue weighted by Crippen LogP contribution is -2.51. The van der Waals surface area contributed by atoms with Crippen LogP contribution in [0.1, 0.15) is 19.5 Å². The number of hydrogen-bond acceptors (Lipinski definition) is 5. The van der Waals surface area contributed by atoms with Gasteiger partial charge in [-0.3, -0.25) is 0 Å². The second-order valence-corrected chi connectivity index (χ2v) is 4.26. The summed E-state index contributed by atoms with van der Waals surface area (Å²) in [4.78, 5) is 40.7. The number of rotatable bonds is 7. The molecule has 0 aliphatic rings. The molecule has 21 heavy (non-hydrogen) atoms. The number of nitrogens with one attached hydrogen (secondary N) is 3. The number of aromatic amines is 1. The maximum absolute atomic E-state index is 11.7. The molecular weight excluding hydrogens is 280 g/mol. The van der Waals surface area contributed by atoms with Crippen LogP contribution in [0.5, 0.6) is 0 Å². The molecule has 2 unspecified atom stereocenters. The van der Waals surface area contributed by atoms with Gasteiger partial charge in [-0.1, -0.05) is 0 Å². The summed E-state index contributed by atoms with van der Waals surface area (Å²) in [5.74, 6) is -1.78. The molecule has 116 valence electrons. The number of urea groups is 1. The Balaban J connectivity index is 2.53. The number of carboxylic acids is 1. The third kappa shape index (κ3) is 5.51. The van der Waals surface area contributed by atoms with Crippen molar-refractivity contribution in [2.45, 2.75) is 32.4 Å². The summed E-state index contributed by atoms with van der Waals surface area (Å²) in [5, 5.41) is 13.7. The lowest BCUT2D eigenvalue weighted by molar-refractivity contribution is -0.144. The number of carboxylic acid groups (broad SMARTS) is 1. The number of aliphatic carboxylic acids is 1. The Hall–Kier alpha value is -2.58. The van der Waals surface area contributed by atoms with Crippen LogP contribution in [0, 0.1) is 0 Å². The van der Waals surface area contributed by atoms with E-state index in [2.05, 4.69) is 20.6 Å². The maximum atomic E-state index is 11.7. The Morgan fingerprint density at radius 2 is 2.14 bits per heavy atom. The highest BCUT2D eigenvalue weighted by Crippen LogP contribution is 1.99. The molecule has 9 nitrogen and oxygen atoms in total. The highest BCUT2D eigenvalue weighted by molar-refractivity contribution is 5.86. The molecule has 0 spiro atoms. The van der Waals surface area contributed by atoms with E-state index in [1.165, 1.54) is 19.4 Å². The molecule has 0 aliphatic carbocycles. The summed E-state index contributed by atoms with van der Waals surface area (Å²) in [5.41, 5.74) is 0.571. The number of ether oxygens (including phenoxy) is 1. The first-order valence-electron chi connectivity index (χ1n) is 6.37. The zero-order valence-corrected chi connectivity index (χ0v) is 11.8. The van der Waals surface area contributed by atoms with Gasteiger partial charge in [0.2, 0.25) is 0 Å². The summed E-state index contributed by atoms with van der Waals surface area (Å²) in [7, 11) is 0. The molecule has 9 heteroatoms. The van der Waals surface area contributed by atoms with Gasteiger partial charge in [0.15, 0.2) is 0 Å². The Morgan fingerprint density at radius 3 is 2.67 bits per heavy atom. The van der Waals surface area contributed by atoms with Crippen LogP contribution in [0.3, 0.4) is 0 Å². The molecular formula is C12H18N4O5. The zero-order chi connectivity index (χ0) is 15.8. The minimum atomic E-state index is -1.19. The molecule has 0 saturated heterocycles. The van der Waals surface area contributed by atoms with Crippen LogP contribution >= 0.6 is 0 Å². The van der Waals surface area contributed by atoms with Gasteiger partial charge in [-0.15, -0.1) is 0 Å². The van der Waals surface area contributed by atoms with E-state index in [4.69, 9.17) is 9.84 Å². The van der Waals surface area contributed by atoms with Crippen molar-refractivity contribution in [2.24, 2.45) is 0 Å². The molecule has 0 bridgehead atoms. The van der Waals surface area contributed by atoms with Crippen molar-refractivity contribution in [1.82, 2.24) is 20.6 Å². The first-order valence-corrected chi connectivity index (χ1v) is 6.37. The molecule has 1 rings (SSSR count). The Morgan fingerprint density at radius 1 is 1.43 bits per heavy atom. The largest absolute Gasteiger partial charge is 0.480 e. The van der Waals surface area contributed by atoms with Gasteiger partial charge in [-0.2, -0.15) is 0 Å². The second kappa shape index (κ2) is 7.88. The van der Waals surface area contributed by atoms with Crippen molar-refractivity contribution in [1.29, 1.82) is 0 Å². The number of carbonyl (C=O) groups excluding carboxylic acids is 2. The van der Waals surface area contributed by atoms with E-state index < -0.39 is 30.1 Å². The lowest BCUT2D eigenvalue weighted by Gasteiger charge is -2.17. The van der Waals surface area contributed by atoms with Crippen LogP contribution in [-0.2, 0) is 20.7 Å². The fourth-order valence-electron chi connectivity index (χ4n) is 1.54. The van der Waals surface area contributed by atoms with Crippen molar-refractivity contribution in [2.75, 3.05) is 6.61 Å². The minimum absolute atomic E-state index is 0.0521. The highest BCUT2D eigenvalue weighted by Gasteiger charge is 2.23. The first kappa shape index (κ1) is 16.5. The van der Waals surface area contributed by atoms with Crippen molar-refractivity contribution in [3.05, 3.63) is 18.2 Å². The molecule has 0 aliphatic heterocycles. The quantitative estimate of drug-likeness (QED) is 0.509. The van der Waals surface area contributed by atoms with Crippen molar-refractivity contribution < 1.29 is 24.2 Å². The van der Waals surface area contributed by atoms with Gasteiger partial charge in [-0.25, -0.2) is 19.4 Å². The fourth-order valence-corrected chi connectivity index (χ4v) is 1.54. The number of nitrogens with zero attached hydrogens (tertiary/aromatic N) is 1. The van der Waals surface area contributed by atoms with E-state index in [1.54, 1.807) is 6.92 Å². The van der Waals surface area contributed by atoms with E-state index in [9.17, 15) is 14.4 Å². The second-order valence-electron chi connectivity index (χ2n) is 4.26. The molecule has 2 amide bonds. The van der Waals surface area contributed by atoms with Crippen LogP contribution in [0.4, 0.5) is 4.79 Å². The average molecular weight is 298 g/mol. The van der Waals surface area contributed by atoms with Crippen LogP contribution in [-0.4, -0.2) is 51.7 Å². The van der Waals surface area contributed by atoms with Crippen LogP contribution < -0.4 is 10.6 Å². The van der Waals surface area contributed by atoms with Gasteiger partial charge in [0.25, 0.3) is 0 Å². The SMILES string of the molecule is CCOC(=O)C(C)NC(=O)NC(Cc1cnc[nH]1)C(=O)O. The molecule has 1 heterocycles. The van der Waals surface area contributed by atoms with Gasteiger partial charge >= 0.3 is 18.0 Å². The van der Waals surface area contributed by atoms with Crippen LogP contribution in [0.25, 0.3) is 0 Å². The predicted molar refractivity (Wildman–Crippen MR) is 71.5 cm³/mol.